The van der Waals surface area contributed by atoms with Gasteiger partial charge in [-0.3, -0.25) is 0 Å². The highest BCUT2D eigenvalue weighted by atomic mass is 15.1. The predicted octanol–water partition coefficient (Wildman–Crippen LogP) is 3.51. The van der Waals surface area contributed by atoms with Gasteiger partial charge in [0.1, 0.15) is 0 Å². The Bertz CT molecular complexity index is 636. The zero-order valence-electron chi connectivity index (χ0n) is 14.2. The molecule has 23 heavy (non-hydrogen) atoms. The van der Waals surface area contributed by atoms with Crippen molar-refractivity contribution >= 4 is 0 Å². The van der Waals surface area contributed by atoms with Crippen LogP contribution in [0.25, 0.3) is 0 Å². The number of hydrogen-bond donors (Lipinski definition) is 1. The van der Waals surface area contributed by atoms with E-state index in [4.69, 9.17) is 5.26 Å². The van der Waals surface area contributed by atoms with Crippen LogP contribution in [-0.2, 0) is 13.0 Å². The maximum Gasteiger partial charge on any atom is 0.0991 e. The van der Waals surface area contributed by atoms with Crippen molar-refractivity contribution in [2.45, 2.75) is 25.9 Å². The molecule has 2 aromatic rings. The second kappa shape index (κ2) is 8.47. The lowest BCUT2D eigenvalue weighted by Gasteiger charge is -2.25. The van der Waals surface area contributed by atoms with Gasteiger partial charge in [-0.1, -0.05) is 43.3 Å². The highest BCUT2D eigenvalue weighted by Gasteiger charge is 2.13. The molecular formula is C20H25N3. The van der Waals surface area contributed by atoms with Crippen LogP contribution in [0.15, 0.2) is 48.5 Å². The number of nitriles is 1. The fraction of sp³-hybridized carbons (Fsp3) is 0.350. The maximum atomic E-state index is 8.83. The molecule has 0 aromatic heterocycles. The summed E-state index contributed by atoms with van der Waals surface area (Å²) in [4.78, 5) is 2.24. The SMILES string of the molecule is CCc1ccc(C(CNCc2ccc(C#N)cc2)N(C)C)cc1. The molecule has 0 aliphatic rings. The summed E-state index contributed by atoms with van der Waals surface area (Å²) in [5.74, 6) is 0. The Kier molecular flexibility index (Phi) is 6.34. The Labute approximate surface area is 139 Å². The van der Waals surface area contributed by atoms with Gasteiger partial charge < -0.3 is 10.2 Å². The zero-order valence-corrected chi connectivity index (χ0v) is 14.2. The Balaban J connectivity index is 1.95. The maximum absolute atomic E-state index is 8.83. The van der Waals surface area contributed by atoms with Crippen molar-refractivity contribution in [2.24, 2.45) is 0 Å². The van der Waals surface area contributed by atoms with Gasteiger partial charge in [-0.15, -0.1) is 0 Å². The number of likely N-dealkylation sites (N-methyl/N-ethyl adjacent to an activating group) is 1. The molecule has 0 radical (unpaired) electrons. The molecule has 1 N–H and O–H groups in total. The first kappa shape index (κ1) is 17.2. The third-order valence-corrected chi connectivity index (χ3v) is 4.15. The first-order chi connectivity index (χ1) is 11.1. The Morgan fingerprint density at radius 2 is 1.61 bits per heavy atom. The van der Waals surface area contributed by atoms with Crippen molar-refractivity contribution in [3.63, 3.8) is 0 Å². The second-order valence-corrected chi connectivity index (χ2v) is 6.01. The Morgan fingerprint density at radius 3 is 2.13 bits per heavy atom. The largest absolute Gasteiger partial charge is 0.311 e. The van der Waals surface area contributed by atoms with Crippen LogP contribution < -0.4 is 5.32 Å². The van der Waals surface area contributed by atoms with E-state index in [1.807, 2.05) is 24.3 Å². The second-order valence-electron chi connectivity index (χ2n) is 6.01. The van der Waals surface area contributed by atoms with Gasteiger partial charge in [0.15, 0.2) is 0 Å². The van der Waals surface area contributed by atoms with Crippen molar-refractivity contribution in [2.75, 3.05) is 20.6 Å². The van der Waals surface area contributed by atoms with Gasteiger partial charge in [0.25, 0.3) is 0 Å². The topological polar surface area (TPSA) is 39.1 Å². The van der Waals surface area contributed by atoms with E-state index >= 15 is 0 Å². The number of benzene rings is 2. The van der Waals surface area contributed by atoms with Gasteiger partial charge in [0.2, 0.25) is 0 Å². The van der Waals surface area contributed by atoms with E-state index in [1.54, 1.807) is 0 Å². The molecule has 0 aliphatic heterocycles. The van der Waals surface area contributed by atoms with E-state index < -0.39 is 0 Å². The first-order valence-electron chi connectivity index (χ1n) is 8.09. The van der Waals surface area contributed by atoms with Crippen LogP contribution in [0.2, 0.25) is 0 Å². The molecule has 3 heteroatoms. The minimum absolute atomic E-state index is 0.347. The van der Waals surface area contributed by atoms with Gasteiger partial charge in [-0.2, -0.15) is 5.26 Å². The molecule has 3 nitrogen and oxygen atoms in total. The highest BCUT2D eigenvalue weighted by Crippen LogP contribution is 2.18. The monoisotopic (exact) mass is 307 g/mol. The quantitative estimate of drug-likeness (QED) is 0.851. The smallest absolute Gasteiger partial charge is 0.0991 e. The molecule has 0 saturated heterocycles. The predicted molar refractivity (Wildman–Crippen MR) is 95.1 cm³/mol. The van der Waals surface area contributed by atoms with E-state index in [-0.39, 0.29) is 0 Å². The molecule has 0 bridgehead atoms. The molecule has 1 unspecified atom stereocenters. The van der Waals surface area contributed by atoms with Crippen LogP contribution in [0.4, 0.5) is 0 Å². The van der Waals surface area contributed by atoms with E-state index in [1.165, 1.54) is 16.7 Å². The first-order valence-corrected chi connectivity index (χ1v) is 8.09. The highest BCUT2D eigenvalue weighted by molar-refractivity contribution is 5.31. The molecule has 2 rings (SSSR count). The van der Waals surface area contributed by atoms with Gasteiger partial charge in [-0.05, 0) is 49.3 Å². The van der Waals surface area contributed by atoms with Crippen LogP contribution in [0, 0.1) is 11.3 Å². The summed E-state index contributed by atoms with van der Waals surface area (Å²) in [6.07, 6.45) is 1.07. The van der Waals surface area contributed by atoms with Gasteiger partial charge in [0.05, 0.1) is 11.6 Å². The van der Waals surface area contributed by atoms with Gasteiger partial charge in [-0.25, -0.2) is 0 Å². The molecule has 0 amide bonds. The van der Waals surface area contributed by atoms with Crippen molar-refractivity contribution in [1.82, 2.24) is 10.2 Å². The molecule has 0 heterocycles. The van der Waals surface area contributed by atoms with Crippen LogP contribution >= 0.6 is 0 Å². The fourth-order valence-electron chi connectivity index (χ4n) is 2.62. The lowest BCUT2D eigenvalue weighted by Crippen LogP contribution is -2.30. The molecule has 0 aliphatic carbocycles. The average Bonchev–Trinajstić information content (AvgIpc) is 2.59. The molecule has 1 atom stereocenters. The van der Waals surface area contributed by atoms with Crippen LogP contribution in [0.1, 0.15) is 35.2 Å². The lowest BCUT2D eigenvalue weighted by atomic mass is 10.0. The molecule has 0 spiro atoms. The van der Waals surface area contributed by atoms with Gasteiger partial charge in [0, 0.05) is 19.1 Å². The van der Waals surface area contributed by atoms with Gasteiger partial charge >= 0.3 is 0 Å². The zero-order chi connectivity index (χ0) is 16.7. The summed E-state index contributed by atoms with van der Waals surface area (Å²) in [6.45, 7) is 3.87. The summed E-state index contributed by atoms with van der Waals surface area (Å²) in [5, 5.41) is 12.4. The third-order valence-electron chi connectivity index (χ3n) is 4.15. The number of nitrogens with zero attached hydrogens (tertiary/aromatic N) is 2. The summed E-state index contributed by atoms with van der Waals surface area (Å²) >= 11 is 0. The Hall–Kier alpha value is -2.15. The van der Waals surface area contributed by atoms with Crippen molar-refractivity contribution < 1.29 is 0 Å². The van der Waals surface area contributed by atoms with E-state index in [0.717, 1.165) is 19.5 Å². The number of rotatable bonds is 7. The van der Waals surface area contributed by atoms with E-state index in [9.17, 15) is 0 Å². The average molecular weight is 307 g/mol. The molecule has 2 aromatic carbocycles. The summed E-state index contributed by atoms with van der Waals surface area (Å²) < 4.78 is 0. The minimum atomic E-state index is 0.347. The fourth-order valence-corrected chi connectivity index (χ4v) is 2.62. The van der Waals surface area contributed by atoms with Crippen molar-refractivity contribution in [3.05, 3.63) is 70.8 Å². The summed E-state index contributed by atoms with van der Waals surface area (Å²) in [5.41, 5.74) is 4.61. The third kappa shape index (κ3) is 4.92. The number of nitrogens with one attached hydrogen (secondary N) is 1. The van der Waals surface area contributed by atoms with E-state index in [2.05, 4.69) is 61.6 Å². The molecular weight excluding hydrogens is 282 g/mol. The van der Waals surface area contributed by atoms with E-state index in [0.29, 0.717) is 11.6 Å². The van der Waals surface area contributed by atoms with Crippen LogP contribution in [0.5, 0.6) is 0 Å². The Morgan fingerprint density at radius 1 is 1.00 bits per heavy atom. The molecule has 0 saturated carbocycles. The number of hydrogen-bond acceptors (Lipinski definition) is 3. The standard InChI is InChI=1S/C20H25N3/c1-4-16-9-11-19(12-10-16)20(23(2)3)15-22-14-18-7-5-17(13-21)6-8-18/h5-12,20,22H,4,14-15H2,1-3H3. The van der Waals surface area contributed by atoms with Crippen molar-refractivity contribution in [1.29, 1.82) is 5.26 Å². The number of aryl methyl sites for hydroxylation is 1. The lowest BCUT2D eigenvalue weighted by molar-refractivity contribution is 0.288. The summed E-state index contributed by atoms with van der Waals surface area (Å²) in [6, 6.07) is 19.1. The molecule has 0 fully saturated rings. The molecule has 120 valence electrons. The van der Waals surface area contributed by atoms with Crippen LogP contribution in [-0.4, -0.2) is 25.5 Å². The van der Waals surface area contributed by atoms with Crippen LogP contribution in [0.3, 0.4) is 0 Å². The minimum Gasteiger partial charge on any atom is -0.311 e. The normalized spacial score (nSPS) is 12.1. The van der Waals surface area contributed by atoms with Crippen molar-refractivity contribution in [3.8, 4) is 6.07 Å². The summed E-state index contributed by atoms with van der Waals surface area (Å²) in [7, 11) is 4.23.